The van der Waals surface area contributed by atoms with Gasteiger partial charge in [-0.1, -0.05) is 0 Å². The van der Waals surface area contributed by atoms with Crippen LogP contribution in [0, 0.1) is 5.92 Å². The molecule has 15 heavy (non-hydrogen) atoms. The van der Waals surface area contributed by atoms with E-state index in [4.69, 9.17) is 0 Å². The molecule has 2 N–H and O–H groups in total. The normalized spacial score (nSPS) is 26.1. The van der Waals surface area contributed by atoms with Crippen LogP contribution in [0.5, 0.6) is 0 Å². The van der Waals surface area contributed by atoms with Crippen LogP contribution in [0.1, 0.15) is 13.3 Å². The number of rotatable bonds is 4. The monoisotopic (exact) mass is 234 g/mol. The van der Waals surface area contributed by atoms with Gasteiger partial charge in [-0.3, -0.25) is 4.79 Å². The molecule has 1 saturated heterocycles. The lowest BCUT2D eigenvalue weighted by Gasteiger charge is -2.13. The van der Waals surface area contributed by atoms with Crippen LogP contribution < -0.4 is 10.6 Å². The Kier molecular flexibility index (Phi) is 4.10. The summed E-state index contributed by atoms with van der Waals surface area (Å²) in [7, 11) is -1.14. The zero-order valence-electron chi connectivity index (χ0n) is 9.12. The van der Waals surface area contributed by atoms with Gasteiger partial charge in [0.15, 0.2) is 9.84 Å². The van der Waals surface area contributed by atoms with Gasteiger partial charge >= 0.3 is 0 Å². The molecule has 1 aliphatic rings. The van der Waals surface area contributed by atoms with Crippen LogP contribution in [0.2, 0.25) is 0 Å². The molecule has 2 unspecified atom stereocenters. The van der Waals surface area contributed by atoms with Gasteiger partial charge in [0.2, 0.25) is 5.91 Å². The topological polar surface area (TPSA) is 75.3 Å². The van der Waals surface area contributed by atoms with Gasteiger partial charge in [-0.2, -0.15) is 0 Å². The van der Waals surface area contributed by atoms with Crippen molar-refractivity contribution in [2.75, 3.05) is 25.1 Å². The maximum atomic E-state index is 11.6. The van der Waals surface area contributed by atoms with Crippen molar-refractivity contribution >= 4 is 15.7 Å². The maximum absolute atomic E-state index is 11.6. The third-order valence-electron chi connectivity index (χ3n) is 2.68. The summed E-state index contributed by atoms with van der Waals surface area (Å²) in [5.74, 6) is -0.336. The molecule has 5 nitrogen and oxygen atoms in total. The average Bonchev–Trinajstić information content (AvgIpc) is 2.54. The van der Waals surface area contributed by atoms with Crippen molar-refractivity contribution in [2.24, 2.45) is 5.92 Å². The molecule has 88 valence electrons. The first-order chi connectivity index (χ1) is 6.94. The largest absolute Gasteiger partial charge is 0.354 e. The van der Waals surface area contributed by atoms with Gasteiger partial charge in [0, 0.05) is 12.6 Å². The van der Waals surface area contributed by atoms with Gasteiger partial charge < -0.3 is 10.6 Å². The minimum Gasteiger partial charge on any atom is -0.354 e. The Morgan fingerprint density at radius 2 is 2.20 bits per heavy atom. The lowest BCUT2D eigenvalue weighted by Crippen LogP contribution is -2.40. The molecule has 2 atom stereocenters. The second kappa shape index (κ2) is 4.94. The van der Waals surface area contributed by atoms with Crippen LogP contribution in [-0.4, -0.2) is 45.5 Å². The maximum Gasteiger partial charge on any atom is 0.224 e. The third kappa shape index (κ3) is 3.79. The van der Waals surface area contributed by atoms with Crippen molar-refractivity contribution in [3.05, 3.63) is 0 Å². The summed E-state index contributed by atoms with van der Waals surface area (Å²) in [5, 5.41) is 5.74. The molecule has 0 aliphatic carbocycles. The molecule has 6 heteroatoms. The minimum absolute atomic E-state index is 0.00671. The van der Waals surface area contributed by atoms with Gasteiger partial charge in [-0.25, -0.2) is 8.42 Å². The van der Waals surface area contributed by atoms with Crippen molar-refractivity contribution in [1.29, 1.82) is 0 Å². The summed E-state index contributed by atoms with van der Waals surface area (Å²) in [6, 6.07) is 0.201. The molecule has 1 amide bonds. The van der Waals surface area contributed by atoms with Crippen LogP contribution in [0.15, 0.2) is 0 Å². The zero-order valence-corrected chi connectivity index (χ0v) is 9.93. The molecule has 1 heterocycles. The quantitative estimate of drug-likeness (QED) is 0.664. The smallest absolute Gasteiger partial charge is 0.224 e. The van der Waals surface area contributed by atoms with E-state index in [1.165, 1.54) is 0 Å². The lowest BCUT2D eigenvalue weighted by atomic mass is 10.1. The second-order valence-corrected chi connectivity index (χ2v) is 6.26. The Bertz CT molecular complexity index is 326. The van der Waals surface area contributed by atoms with E-state index in [0.29, 0.717) is 13.0 Å². The molecule has 0 bridgehead atoms. The van der Waals surface area contributed by atoms with Crippen molar-refractivity contribution in [2.45, 2.75) is 19.4 Å². The standard InChI is InChI=1S/C9H18N2O3S/c1-7(10-2)5-11-9(12)8-3-4-15(13,14)6-8/h7-8,10H,3-6H2,1-2H3,(H,11,12). The Morgan fingerprint density at radius 1 is 1.53 bits per heavy atom. The summed E-state index contributed by atoms with van der Waals surface area (Å²) in [5.41, 5.74) is 0. The van der Waals surface area contributed by atoms with Crippen molar-refractivity contribution in [3.63, 3.8) is 0 Å². The summed E-state index contributed by atoms with van der Waals surface area (Å²) < 4.78 is 22.3. The van der Waals surface area contributed by atoms with E-state index in [0.717, 1.165) is 0 Å². The molecule has 0 spiro atoms. The number of nitrogens with one attached hydrogen (secondary N) is 2. The average molecular weight is 234 g/mol. The summed E-state index contributed by atoms with van der Waals surface area (Å²) in [6.07, 6.45) is 0.460. The molecule has 0 saturated carbocycles. The first kappa shape index (κ1) is 12.4. The highest BCUT2D eigenvalue weighted by Crippen LogP contribution is 2.18. The Balaban J connectivity index is 2.36. The minimum atomic E-state index is -2.96. The second-order valence-electron chi connectivity index (χ2n) is 4.03. The number of likely N-dealkylation sites (N-methyl/N-ethyl adjacent to an activating group) is 1. The number of hydrogen-bond acceptors (Lipinski definition) is 4. The lowest BCUT2D eigenvalue weighted by molar-refractivity contribution is -0.124. The molecule has 0 aromatic carbocycles. The van der Waals surface area contributed by atoms with E-state index in [1.54, 1.807) is 0 Å². The fourth-order valence-corrected chi connectivity index (χ4v) is 3.24. The van der Waals surface area contributed by atoms with Gasteiger partial charge in [0.1, 0.15) is 0 Å². The van der Waals surface area contributed by atoms with Gasteiger partial charge in [-0.15, -0.1) is 0 Å². The van der Waals surface area contributed by atoms with E-state index in [9.17, 15) is 13.2 Å². The van der Waals surface area contributed by atoms with Gasteiger partial charge in [0.25, 0.3) is 0 Å². The van der Waals surface area contributed by atoms with E-state index >= 15 is 0 Å². The highest BCUT2D eigenvalue weighted by atomic mass is 32.2. The molecule has 0 aromatic heterocycles. The fraction of sp³-hybridized carbons (Fsp3) is 0.889. The Morgan fingerprint density at radius 3 is 2.67 bits per heavy atom. The first-order valence-electron chi connectivity index (χ1n) is 5.10. The van der Waals surface area contributed by atoms with Crippen LogP contribution in [-0.2, 0) is 14.6 Å². The Labute approximate surface area is 90.5 Å². The van der Waals surface area contributed by atoms with Gasteiger partial charge in [0.05, 0.1) is 17.4 Å². The number of hydrogen-bond donors (Lipinski definition) is 2. The molecule has 0 radical (unpaired) electrons. The fourth-order valence-electron chi connectivity index (χ4n) is 1.50. The van der Waals surface area contributed by atoms with Crippen LogP contribution in [0.3, 0.4) is 0 Å². The Hall–Kier alpha value is -0.620. The van der Waals surface area contributed by atoms with E-state index in [-0.39, 0.29) is 29.4 Å². The zero-order chi connectivity index (χ0) is 11.5. The van der Waals surface area contributed by atoms with Crippen LogP contribution >= 0.6 is 0 Å². The molecule has 1 fully saturated rings. The summed E-state index contributed by atoms with van der Waals surface area (Å²) in [4.78, 5) is 11.6. The third-order valence-corrected chi connectivity index (χ3v) is 4.45. The predicted molar refractivity (Wildman–Crippen MR) is 58.3 cm³/mol. The van der Waals surface area contributed by atoms with Crippen molar-refractivity contribution in [1.82, 2.24) is 10.6 Å². The van der Waals surface area contributed by atoms with Crippen LogP contribution in [0.25, 0.3) is 0 Å². The number of amides is 1. The van der Waals surface area contributed by atoms with Crippen LogP contribution in [0.4, 0.5) is 0 Å². The number of sulfone groups is 1. The number of carbonyl (C=O) groups excluding carboxylic acids is 1. The molecule has 1 rings (SSSR count). The van der Waals surface area contributed by atoms with E-state index < -0.39 is 9.84 Å². The summed E-state index contributed by atoms with van der Waals surface area (Å²) in [6.45, 7) is 2.48. The van der Waals surface area contributed by atoms with E-state index in [2.05, 4.69) is 10.6 Å². The molecular formula is C9H18N2O3S. The molecular weight excluding hydrogens is 216 g/mol. The highest BCUT2D eigenvalue weighted by Gasteiger charge is 2.32. The highest BCUT2D eigenvalue weighted by molar-refractivity contribution is 7.91. The SMILES string of the molecule is CNC(C)CNC(=O)C1CCS(=O)(=O)C1. The number of carbonyl (C=O) groups is 1. The molecule has 0 aromatic rings. The van der Waals surface area contributed by atoms with Crippen molar-refractivity contribution in [3.8, 4) is 0 Å². The van der Waals surface area contributed by atoms with Gasteiger partial charge in [-0.05, 0) is 20.4 Å². The predicted octanol–water partition coefficient (Wildman–Crippen LogP) is -0.855. The first-order valence-corrected chi connectivity index (χ1v) is 6.92. The van der Waals surface area contributed by atoms with Crippen molar-refractivity contribution < 1.29 is 13.2 Å². The summed E-state index contributed by atoms with van der Waals surface area (Å²) >= 11 is 0. The molecule has 1 aliphatic heterocycles. The van der Waals surface area contributed by atoms with E-state index in [1.807, 2.05) is 14.0 Å².